The molecular weight excluding hydrogens is 294 g/mol. The maximum absolute atomic E-state index is 11.7. The lowest BCUT2D eigenvalue weighted by molar-refractivity contribution is -0.124. The van der Waals surface area contributed by atoms with Crippen molar-refractivity contribution in [2.75, 3.05) is 0 Å². The SMILES string of the molecule is CC(=O)[C@@H](C)OC(=O)c1ccc(Cl)c(S(N)(=O)=O)c1. The van der Waals surface area contributed by atoms with Crippen molar-refractivity contribution in [1.29, 1.82) is 0 Å². The first-order valence-corrected chi connectivity index (χ1v) is 7.09. The third-order valence-corrected chi connectivity index (χ3v) is 3.72. The number of ketones is 1. The Kier molecular flexibility index (Phi) is 4.67. The number of halogens is 1. The molecular formula is C11H12ClNO5S. The van der Waals surface area contributed by atoms with Gasteiger partial charge in [-0.25, -0.2) is 18.4 Å². The molecule has 8 heteroatoms. The molecule has 0 bridgehead atoms. The maximum atomic E-state index is 11.7. The number of ether oxygens (including phenoxy) is 1. The first-order chi connectivity index (χ1) is 8.62. The Hall–Kier alpha value is -1.44. The summed E-state index contributed by atoms with van der Waals surface area (Å²) in [6.45, 7) is 2.69. The van der Waals surface area contributed by atoms with Crippen molar-refractivity contribution >= 4 is 33.4 Å². The Morgan fingerprint density at radius 1 is 1.37 bits per heavy atom. The Morgan fingerprint density at radius 3 is 2.42 bits per heavy atom. The zero-order chi connectivity index (χ0) is 14.8. The van der Waals surface area contributed by atoms with Crippen molar-refractivity contribution in [2.24, 2.45) is 5.14 Å². The van der Waals surface area contributed by atoms with Gasteiger partial charge in [-0.05, 0) is 32.0 Å². The number of hydrogen-bond donors (Lipinski definition) is 1. The highest BCUT2D eigenvalue weighted by atomic mass is 35.5. The highest BCUT2D eigenvalue weighted by molar-refractivity contribution is 7.89. The third-order valence-electron chi connectivity index (χ3n) is 2.33. The molecule has 0 fully saturated rings. The second-order valence-corrected chi connectivity index (χ2v) is 5.79. The molecule has 6 nitrogen and oxygen atoms in total. The fourth-order valence-corrected chi connectivity index (χ4v) is 2.23. The fraction of sp³-hybridized carbons (Fsp3) is 0.273. The van der Waals surface area contributed by atoms with Crippen molar-refractivity contribution in [3.05, 3.63) is 28.8 Å². The van der Waals surface area contributed by atoms with Crippen LogP contribution in [-0.2, 0) is 19.6 Å². The van der Waals surface area contributed by atoms with Crippen molar-refractivity contribution < 1.29 is 22.7 Å². The van der Waals surface area contributed by atoms with Crippen molar-refractivity contribution in [3.63, 3.8) is 0 Å². The summed E-state index contributed by atoms with van der Waals surface area (Å²) >= 11 is 5.68. The van der Waals surface area contributed by atoms with E-state index in [9.17, 15) is 18.0 Å². The molecule has 0 saturated heterocycles. The Bertz CT molecular complexity index is 626. The standard InChI is InChI=1S/C11H12ClNO5S/c1-6(14)7(2)18-11(15)8-3-4-9(12)10(5-8)19(13,16)17/h3-5,7H,1-2H3,(H2,13,16,17)/t7-/m1/s1. The molecule has 0 unspecified atom stereocenters. The van der Waals surface area contributed by atoms with E-state index in [-0.39, 0.29) is 21.3 Å². The molecule has 1 atom stereocenters. The van der Waals surface area contributed by atoms with Crippen LogP contribution >= 0.6 is 11.6 Å². The van der Waals surface area contributed by atoms with Gasteiger partial charge >= 0.3 is 5.97 Å². The van der Waals surface area contributed by atoms with Gasteiger partial charge in [-0.2, -0.15) is 0 Å². The molecule has 0 saturated carbocycles. The number of carbonyl (C=O) groups is 2. The van der Waals surface area contributed by atoms with E-state index in [1.807, 2.05) is 0 Å². The summed E-state index contributed by atoms with van der Waals surface area (Å²) < 4.78 is 27.3. The third kappa shape index (κ3) is 4.02. The molecule has 0 spiro atoms. The number of sulfonamides is 1. The molecule has 0 aliphatic rings. The van der Waals surface area contributed by atoms with Crippen LogP contribution in [0.3, 0.4) is 0 Å². The minimum atomic E-state index is -4.04. The predicted molar refractivity (Wildman–Crippen MR) is 68.4 cm³/mol. The summed E-state index contributed by atoms with van der Waals surface area (Å²) in [7, 11) is -4.04. The molecule has 0 heterocycles. The first-order valence-electron chi connectivity index (χ1n) is 5.16. The molecule has 0 aliphatic heterocycles. The van der Waals surface area contributed by atoms with Crippen LogP contribution in [-0.4, -0.2) is 26.3 Å². The molecule has 0 aromatic heterocycles. The second-order valence-electron chi connectivity index (χ2n) is 3.85. The van der Waals surface area contributed by atoms with Gasteiger partial charge in [-0.3, -0.25) is 4.79 Å². The van der Waals surface area contributed by atoms with E-state index in [0.29, 0.717) is 0 Å². The lowest BCUT2D eigenvalue weighted by Crippen LogP contribution is -2.22. The summed E-state index contributed by atoms with van der Waals surface area (Å²) in [5, 5.41) is 4.86. The van der Waals surface area contributed by atoms with Gasteiger partial charge in [0, 0.05) is 0 Å². The second kappa shape index (κ2) is 5.68. The maximum Gasteiger partial charge on any atom is 0.338 e. The number of Topliss-reactive ketones (excluding diaryl/α,β-unsaturated/α-hetero) is 1. The monoisotopic (exact) mass is 305 g/mol. The van der Waals surface area contributed by atoms with Gasteiger partial charge in [-0.1, -0.05) is 11.6 Å². The topological polar surface area (TPSA) is 104 Å². The molecule has 2 N–H and O–H groups in total. The highest BCUT2D eigenvalue weighted by Crippen LogP contribution is 2.22. The Morgan fingerprint density at radius 2 is 1.95 bits per heavy atom. The zero-order valence-corrected chi connectivity index (χ0v) is 11.8. The number of hydrogen-bond acceptors (Lipinski definition) is 5. The fourth-order valence-electron chi connectivity index (χ4n) is 1.16. The average molecular weight is 306 g/mol. The minimum absolute atomic E-state index is 0.0541. The number of carbonyl (C=O) groups excluding carboxylic acids is 2. The Labute approximate surface area is 115 Å². The van der Waals surface area contributed by atoms with Crippen LogP contribution in [0.5, 0.6) is 0 Å². The van der Waals surface area contributed by atoms with Crippen molar-refractivity contribution in [3.8, 4) is 0 Å². The van der Waals surface area contributed by atoms with Crippen LogP contribution in [0.1, 0.15) is 24.2 Å². The number of benzene rings is 1. The van der Waals surface area contributed by atoms with E-state index in [1.165, 1.54) is 26.0 Å². The summed E-state index contributed by atoms with van der Waals surface area (Å²) in [5.74, 6) is -1.15. The van der Waals surface area contributed by atoms with Gasteiger partial charge in [0.05, 0.1) is 10.6 Å². The van der Waals surface area contributed by atoms with Gasteiger partial charge < -0.3 is 4.74 Å². The quantitative estimate of drug-likeness (QED) is 0.840. The number of esters is 1. The summed E-state index contributed by atoms with van der Waals surface area (Å²) in [4.78, 5) is 22.3. The van der Waals surface area contributed by atoms with Gasteiger partial charge in [0.2, 0.25) is 10.0 Å². The zero-order valence-electron chi connectivity index (χ0n) is 10.2. The van der Waals surface area contributed by atoms with Crippen LogP contribution in [0.4, 0.5) is 0 Å². The van der Waals surface area contributed by atoms with Crippen LogP contribution in [0, 0.1) is 0 Å². The molecule has 104 valence electrons. The molecule has 19 heavy (non-hydrogen) atoms. The predicted octanol–water partition coefficient (Wildman–Crippen LogP) is 1.12. The summed E-state index contributed by atoms with van der Waals surface area (Å²) in [6, 6.07) is 3.51. The molecule has 0 amide bonds. The molecule has 1 rings (SSSR count). The summed E-state index contributed by atoms with van der Waals surface area (Å²) in [6.07, 6.45) is -0.916. The van der Waals surface area contributed by atoms with Crippen molar-refractivity contribution in [2.45, 2.75) is 24.8 Å². The first kappa shape index (κ1) is 15.6. The van der Waals surface area contributed by atoms with E-state index in [0.717, 1.165) is 6.07 Å². The van der Waals surface area contributed by atoms with E-state index in [2.05, 4.69) is 0 Å². The number of primary sulfonamides is 1. The summed E-state index contributed by atoms with van der Waals surface area (Å²) in [5.41, 5.74) is -0.0541. The lowest BCUT2D eigenvalue weighted by atomic mass is 10.2. The van der Waals surface area contributed by atoms with Crippen LogP contribution in [0.15, 0.2) is 23.1 Å². The number of nitrogens with two attached hydrogens (primary N) is 1. The van der Waals surface area contributed by atoms with E-state index in [4.69, 9.17) is 21.5 Å². The van der Waals surface area contributed by atoms with Crippen LogP contribution < -0.4 is 5.14 Å². The van der Waals surface area contributed by atoms with Crippen molar-refractivity contribution in [1.82, 2.24) is 0 Å². The van der Waals surface area contributed by atoms with E-state index >= 15 is 0 Å². The lowest BCUT2D eigenvalue weighted by Gasteiger charge is -2.10. The van der Waals surface area contributed by atoms with Gasteiger partial charge in [0.25, 0.3) is 0 Å². The normalized spacial score (nSPS) is 12.8. The minimum Gasteiger partial charge on any atom is -0.451 e. The smallest absolute Gasteiger partial charge is 0.338 e. The van der Waals surface area contributed by atoms with Crippen LogP contribution in [0.25, 0.3) is 0 Å². The van der Waals surface area contributed by atoms with E-state index in [1.54, 1.807) is 0 Å². The number of rotatable bonds is 4. The van der Waals surface area contributed by atoms with Gasteiger partial charge in [0.15, 0.2) is 11.9 Å². The molecule has 1 aromatic carbocycles. The average Bonchev–Trinajstić information content (AvgIpc) is 2.27. The van der Waals surface area contributed by atoms with Gasteiger partial charge in [0.1, 0.15) is 4.90 Å². The van der Waals surface area contributed by atoms with E-state index < -0.39 is 22.1 Å². The van der Waals surface area contributed by atoms with Gasteiger partial charge in [-0.15, -0.1) is 0 Å². The Balaban J connectivity index is 3.10. The largest absolute Gasteiger partial charge is 0.451 e. The molecule has 0 radical (unpaired) electrons. The highest BCUT2D eigenvalue weighted by Gasteiger charge is 2.19. The molecule has 1 aromatic rings. The molecule has 0 aliphatic carbocycles. The van der Waals surface area contributed by atoms with Crippen LogP contribution in [0.2, 0.25) is 5.02 Å².